The molecule has 0 aliphatic carbocycles. The Morgan fingerprint density at radius 2 is 1.93 bits per heavy atom. The minimum atomic E-state index is -3.42. The van der Waals surface area contributed by atoms with Crippen molar-refractivity contribution in [3.63, 3.8) is 0 Å². The number of hydrogen-bond acceptors (Lipinski definition) is 9. The molecule has 2 aromatic carbocycles. The largest absolute Gasteiger partial charge is 0.491 e. The Labute approximate surface area is 245 Å². The van der Waals surface area contributed by atoms with Gasteiger partial charge in [0.15, 0.2) is 9.84 Å². The van der Waals surface area contributed by atoms with E-state index in [2.05, 4.69) is 4.90 Å². The lowest BCUT2D eigenvalue weighted by Crippen LogP contribution is -2.48. The van der Waals surface area contributed by atoms with E-state index in [4.69, 9.17) is 14.2 Å². The molecule has 0 saturated carbocycles. The summed E-state index contributed by atoms with van der Waals surface area (Å²) in [5, 5.41) is 20.5. The van der Waals surface area contributed by atoms with Gasteiger partial charge in [-0.25, -0.2) is 13.2 Å². The van der Waals surface area contributed by atoms with Crippen LogP contribution in [0.1, 0.15) is 29.6 Å². The number of sulfone groups is 1. The number of likely N-dealkylation sites (tertiary alicyclic amines) is 1. The molecule has 5 rings (SSSR count). The van der Waals surface area contributed by atoms with Gasteiger partial charge in [-0.1, -0.05) is 6.07 Å². The SMILES string of the molecule is CN1CCOc2cc(C(=O)N3CCC4(CC3)CC(N(C[C@H](O)COc3cccc(S(C)(=O)=O)c3)C(=O)O)CO4)ccc21. The van der Waals surface area contributed by atoms with Crippen LogP contribution in [0.2, 0.25) is 0 Å². The molecule has 2 saturated heterocycles. The van der Waals surface area contributed by atoms with Crippen molar-refractivity contribution in [2.24, 2.45) is 0 Å². The highest BCUT2D eigenvalue weighted by Crippen LogP contribution is 2.39. The highest BCUT2D eigenvalue weighted by atomic mass is 32.2. The maximum absolute atomic E-state index is 13.2. The zero-order chi connectivity index (χ0) is 30.1. The summed E-state index contributed by atoms with van der Waals surface area (Å²) in [4.78, 5) is 30.5. The molecule has 12 nitrogen and oxygen atoms in total. The molecular formula is C29H37N3O9S. The second kappa shape index (κ2) is 12.0. The maximum Gasteiger partial charge on any atom is 0.407 e. The molecule has 228 valence electrons. The molecule has 3 aliphatic heterocycles. The molecule has 0 bridgehead atoms. The Morgan fingerprint density at radius 3 is 2.64 bits per heavy atom. The summed E-state index contributed by atoms with van der Waals surface area (Å²) in [6.45, 7) is 2.13. The van der Waals surface area contributed by atoms with E-state index in [-0.39, 0.29) is 36.3 Å². The van der Waals surface area contributed by atoms with Crippen LogP contribution in [0, 0.1) is 0 Å². The molecule has 3 aliphatic rings. The van der Waals surface area contributed by atoms with Gasteiger partial charge in [0.05, 0.1) is 41.9 Å². The number of carbonyl (C=O) groups is 2. The molecule has 1 spiro atoms. The zero-order valence-corrected chi connectivity index (χ0v) is 24.6. The van der Waals surface area contributed by atoms with E-state index in [9.17, 15) is 28.2 Å². The van der Waals surface area contributed by atoms with Gasteiger partial charge in [0.2, 0.25) is 0 Å². The second-order valence-corrected chi connectivity index (χ2v) is 13.3. The fourth-order valence-corrected chi connectivity index (χ4v) is 6.47. The number of likely N-dealkylation sites (N-methyl/N-ethyl adjacent to an activating group) is 1. The summed E-state index contributed by atoms with van der Waals surface area (Å²) in [7, 11) is -1.43. The Kier molecular flexibility index (Phi) is 8.53. The monoisotopic (exact) mass is 603 g/mol. The number of ether oxygens (including phenoxy) is 3. The molecule has 42 heavy (non-hydrogen) atoms. The average Bonchev–Trinajstić information content (AvgIpc) is 3.37. The number of hydrogen-bond donors (Lipinski definition) is 2. The lowest BCUT2D eigenvalue weighted by Gasteiger charge is -2.39. The molecule has 0 radical (unpaired) electrons. The van der Waals surface area contributed by atoms with E-state index in [1.807, 2.05) is 19.2 Å². The standard InChI is InChI=1S/C29H37N3O9S/c1-30-12-13-39-26-14-20(6-7-25(26)30)27(34)31-10-8-29(9-11-31)16-21(18-41-29)32(28(35)36)17-22(33)19-40-23-4-3-5-24(15-23)42(2,37)38/h3-7,14-15,21-22,33H,8-13,16-19H2,1-2H3,(H,35,36)/t21?,22-/m0/s1. The van der Waals surface area contributed by atoms with Crippen molar-refractivity contribution in [1.82, 2.24) is 9.80 Å². The quantitative estimate of drug-likeness (QED) is 0.460. The first-order chi connectivity index (χ1) is 19.9. The number of fused-ring (bicyclic) bond motifs is 1. The van der Waals surface area contributed by atoms with Crippen molar-refractivity contribution < 1.29 is 42.4 Å². The van der Waals surface area contributed by atoms with E-state index in [1.165, 1.54) is 23.1 Å². The van der Waals surface area contributed by atoms with Crippen LogP contribution in [0.3, 0.4) is 0 Å². The van der Waals surface area contributed by atoms with Gasteiger partial charge in [0.25, 0.3) is 5.91 Å². The predicted octanol–water partition coefficient (Wildman–Crippen LogP) is 2.10. The molecule has 2 atom stereocenters. The molecule has 2 N–H and O–H groups in total. The van der Waals surface area contributed by atoms with Gasteiger partial charge < -0.3 is 39.1 Å². The minimum absolute atomic E-state index is 0.0728. The second-order valence-electron chi connectivity index (χ2n) is 11.2. The van der Waals surface area contributed by atoms with Gasteiger partial charge in [-0.15, -0.1) is 0 Å². The lowest BCUT2D eigenvalue weighted by molar-refractivity contribution is -0.0395. The molecule has 13 heteroatoms. The summed E-state index contributed by atoms with van der Waals surface area (Å²) < 4.78 is 41.0. The van der Waals surface area contributed by atoms with Crippen LogP contribution >= 0.6 is 0 Å². The first-order valence-electron chi connectivity index (χ1n) is 14.0. The zero-order valence-electron chi connectivity index (χ0n) is 23.8. The van der Waals surface area contributed by atoms with E-state index in [1.54, 1.807) is 17.0 Å². The van der Waals surface area contributed by atoms with E-state index in [0.29, 0.717) is 50.3 Å². The topological polar surface area (TPSA) is 146 Å². The number of nitrogens with zero attached hydrogens (tertiary/aromatic N) is 3. The summed E-state index contributed by atoms with van der Waals surface area (Å²) >= 11 is 0. The first kappa shape index (κ1) is 29.9. The normalized spacial score (nSPS) is 20.5. The van der Waals surface area contributed by atoms with Crippen LogP contribution in [0.4, 0.5) is 10.5 Å². The third kappa shape index (κ3) is 6.58. The summed E-state index contributed by atoms with van der Waals surface area (Å²) in [5.41, 5.74) is 0.993. The Bertz CT molecular complexity index is 1430. The van der Waals surface area contributed by atoms with Gasteiger partial charge in [-0.3, -0.25) is 4.79 Å². The number of amides is 2. The Morgan fingerprint density at radius 1 is 1.17 bits per heavy atom. The average molecular weight is 604 g/mol. The van der Waals surface area contributed by atoms with E-state index < -0.39 is 33.7 Å². The fraction of sp³-hybridized carbons (Fsp3) is 0.517. The van der Waals surface area contributed by atoms with Crippen LogP contribution in [0.15, 0.2) is 47.4 Å². The third-order valence-electron chi connectivity index (χ3n) is 8.22. The highest BCUT2D eigenvalue weighted by Gasteiger charge is 2.46. The van der Waals surface area contributed by atoms with Crippen molar-refractivity contribution in [2.75, 3.05) is 64.2 Å². The Balaban J connectivity index is 1.14. The predicted molar refractivity (Wildman–Crippen MR) is 153 cm³/mol. The first-order valence-corrected chi connectivity index (χ1v) is 15.8. The number of rotatable bonds is 8. The minimum Gasteiger partial charge on any atom is -0.491 e. The van der Waals surface area contributed by atoms with Crippen LogP contribution < -0.4 is 14.4 Å². The molecule has 0 aromatic heterocycles. The number of piperidine rings is 1. The molecule has 3 heterocycles. The van der Waals surface area contributed by atoms with Crippen LogP contribution in [-0.2, 0) is 14.6 Å². The van der Waals surface area contributed by atoms with Crippen molar-refractivity contribution in [1.29, 1.82) is 0 Å². The number of carbonyl (C=O) groups excluding carboxylic acids is 1. The van der Waals surface area contributed by atoms with Crippen molar-refractivity contribution in [3.05, 3.63) is 48.0 Å². The number of anilines is 1. The van der Waals surface area contributed by atoms with Gasteiger partial charge in [0, 0.05) is 32.0 Å². The lowest BCUT2D eigenvalue weighted by atomic mass is 9.87. The third-order valence-corrected chi connectivity index (χ3v) is 9.33. The molecule has 1 unspecified atom stereocenters. The summed E-state index contributed by atoms with van der Waals surface area (Å²) in [6.07, 6.45) is 0.397. The van der Waals surface area contributed by atoms with Crippen molar-refractivity contribution in [3.8, 4) is 11.5 Å². The van der Waals surface area contributed by atoms with Crippen LogP contribution in [0.25, 0.3) is 0 Å². The van der Waals surface area contributed by atoms with Gasteiger partial charge in [-0.05, 0) is 55.7 Å². The summed E-state index contributed by atoms with van der Waals surface area (Å²) in [5.74, 6) is 0.892. The number of aliphatic hydroxyl groups is 1. The van der Waals surface area contributed by atoms with Crippen LogP contribution in [-0.4, -0.2) is 117 Å². The Hall–Kier alpha value is -3.55. The fourth-order valence-electron chi connectivity index (χ4n) is 5.81. The number of aliphatic hydroxyl groups excluding tert-OH is 1. The summed E-state index contributed by atoms with van der Waals surface area (Å²) in [6, 6.07) is 11.0. The number of benzene rings is 2. The molecule has 2 fully saturated rings. The molecular weight excluding hydrogens is 566 g/mol. The van der Waals surface area contributed by atoms with Crippen LogP contribution in [0.5, 0.6) is 11.5 Å². The van der Waals surface area contributed by atoms with Gasteiger partial charge in [-0.2, -0.15) is 0 Å². The van der Waals surface area contributed by atoms with Crippen molar-refractivity contribution >= 4 is 27.5 Å². The maximum atomic E-state index is 13.2. The van der Waals surface area contributed by atoms with Gasteiger partial charge >= 0.3 is 6.09 Å². The highest BCUT2D eigenvalue weighted by molar-refractivity contribution is 7.90. The molecule has 2 aromatic rings. The number of carboxylic acid groups (broad SMARTS) is 1. The van der Waals surface area contributed by atoms with E-state index in [0.717, 1.165) is 18.5 Å². The smallest absolute Gasteiger partial charge is 0.407 e. The van der Waals surface area contributed by atoms with Crippen molar-refractivity contribution in [2.45, 2.75) is 41.9 Å². The van der Waals surface area contributed by atoms with Gasteiger partial charge in [0.1, 0.15) is 30.8 Å². The van der Waals surface area contributed by atoms with E-state index >= 15 is 0 Å². The molecule has 2 amide bonds.